The minimum Gasteiger partial charge on any atom is -0.496 e. The molecule has 0 radical (unpaired) electrons. The molecule has 0 aromatic heterocycles. The average Bonchev–Trinajstić information content (AvgIpc) is 3.55. The second kappa shape index (κ2) is 8.78. The normalized spacial score (nSPS) is 14.9. The highest BCUT2D eigenvalue weighted by molar-refractivity contribution is 5.92. The Balaban J connectivity index is 1.60. The van der Waals surface area contributed by atoms with Crippen molar-refractivity contribution >= 4 is 11.9 Å². The van der Waals surface area contributed by atoms with Gasteiger partial charge in [0, 0.05) is 25.6 Å². The number of hydrogen-bond acceptors (Lipinski definition) is 4. The molecular weight excluding hydrogens is 354 g/mol. The molecule has 1 aliphatic carbocycles. The van der Waals surface area contributed by atoms with Crippen LogP contribution in [0.25, 0.3) is 0 Å². The summed E-state index contributed by atoms with van der Waals surface area (Å²) in [6.07, 6.45) is 2.37. The minimum atomic E-state index is -0.417. The molecular formula is C22H27N3O3. The number of guanidine groups is 1. The number of nitrogens with zero attached hydrogens (tertiary/aromatic N) is 1. The van der Waals surface area contributed by atoms with Crippen molar-refractivity contribution in [3.63, 3.8) is 0 Å². The third-order valence-electron chi connectivity index (χ3n) is 5.19. The summed E-state index contributed by atoms with van der Waals surface area (Å²) in [6.45, 7) is 1.37. The second-order valence-electron chi connectivity index (χ2n) is 6.95. The lowest BCUT2D eigenvalue weighted by Gasteiger charge is -2.19. The van der Waals surface area contributed by atoms with Gasteiger partial charge in [-0.25, -0.2) is 4.79 Å². The van der Waals surface area contributed by atoms with Crippen LogP contribution in [-0.2, 0) is 16.7 Å². The second-order valence-corrected chi connectivity index (χ2v) is 6.95. The summed E-state index contributed by atoms with van der Waals surface area (Å²) in [4.78, 5) is 16.2. The van der Waals surface area contributed by atoms with E-state index < -0.39 is 5.97 Å². The molecule has 6 nitrogen and oxygen atoms in total. The average molecular weight is 381 g/mol. The van der Waals surface area contributed by atoms with Crippen LogP contribution in [0.1, 0.15) is 34.3 Å². The van der Waals surface area contributed by atoms with E-state index in [9.17, 15) is 4.79 Å². The zero-order chi connectivity index (χ0) is 20.0. The summed E-state index contributed by atoms with van der Waals surface area (Å²) in [5.74, 6) is 0.814. The Morgan fingerprint density at radius 2 is 1.86 bits per heavy atom. The third-order valence-corrected chi connectivity index (χ3v) is 5.19. The van der Waals surface area contributed by atoms with Gasteiger partial charge < -0.3 is 20.1 Å². The van der Waals surface area contributed by atoms with E-state index >= 15 is 0 Å². The molecule has 0 atom stereocenters. The molecule has 2 aromatic rings. The van der Waals surface area contributed by atoms with E-state index in [4.69, 9.17) is 9.47 Å². The maximum Gasteiger partial charge on any atom is 0.341 e. The van der Waals surface area contributed by atoms with Crippen molar-refractivity contribution in [1.82, 2.24) is 10.6 Å². The van der Waals surface area contributed by atoms with Crippen molar-refractivity contribution < 1.29 is 14.3 Å². The fraction of sp³-hybridized carbons (Fsp3) is 0.364. The van der Waals surface area contributed by atoms with Crippen LogP contribution >= 0.6 is 0 Å². The molecule has 1 saturated carbocycles. The molecule has 148 valence electrons. The van der Waals surface area contributed by atoms with Crippen LogP contribution < -0.4 is 15.4 Å². The summed E-state index contributed by atoms with van der Waals surface area (Å²) >= 11 is 0. The van der Waals surface area contributed by atoms with Gasteiger partial charge in [0.15, 0.2) is 5.96 Å². The molecule has 0 unspecified atom stereocenters. The van der Waals surface area contributed by atoms with E-state index in [0.717, 1.165) is 18.1 Å². The molecule has 1 fully saturated rings. The number of methoxy groups -OCH3 is 2. The van der Waals surface area contributed by atoms with Crippen molar-refractivity contribution in [2.45, 2.75) is 24.8 Å². The monoisotopic (exact) mass is 381 g/mol. The summed E-state index contributed by atoms with van der Waals surface area (Å²) in [7, 11) is 4.65. The molecule has 0 amide bonds. The zero-order valence-electron chi connectivity index (χ0n) is 16.6. The van der Waals surface area contributed by atoms with Crippen molar-refractivity contribution in [1.29, 1.82) is 0 Å². The number of carbonyl (C=O) groups is 1. The summed E-state index contributed by atoms with van der Waals surface area (Å²) in [6, 6.07) is 16.1. The molecule has 0 saturated heterocycles. The number of ether oxygens (including phenoxy) is 2. The number of aliphatic imine (C=N–C) groups is 1. The van der Waals surface area contributed by atoms with E-state index in [1.54, 1.807) is 19.2 Å². The van der Waals surface area contributed by atoms with Gasteiger partial charge in [0.2, 0.25) is 0 Å². The van der Waals surface area contributed by atoms with E-state index in [0.29, 0.717) is 17.9 Å². The van der Waals surface area contributed by atoms with Gasteiger partial charge in [0.1, 0.15) is 11.3 Å². The third kappa shape index (κ3) is 4.44. The number of carbonyl (C=O) groups excluding carboxylic acids is 1. The molecule has 28 heavy (non-hydrogen) atoms. The van der Waals surface area contributed by atoms with Gasteiger partial charge in [-0.05, 0) is 36.1 Å². The largest absolute Gasteiger partial charge is 0.496 e. The van der Waals surface area contributed by atoms with E-state index in [2.05, 4.69) is 39.9 Å². The van der Waals surface area contributed by atoms with Crippen LogP contribution in [0.15, 0.2) is 53.5 Å². The Bertz CT molecular complexity index is 845. The van der Waals surface area contributed by atoms with Gasteiger partial charge in [-0.15, -0.1) is 0 Å². The predicted molar refractivity (Wildman–Crippen MR) is 110 cm³/mol. The summed E-state index contributed by atoms with van der Waals surface area (Å²) in [5.41, 5.74) is 2.93. The van der Waals surface area contributed by atoms with Crippen molar-refractivity contribution in [2.75, 3.05) is 27.8 Å². The van der Waals surface area contributed by atoms with E-state index in [1.165, 1.54) is 32.6 Å². The standard InChI is InChI=1S/C22H27N3O3/c1-23-21(25-15-22(11-12-22)17-7-5-4-6-8-17)24-14-16-9-10-19(27-2)18(13-16)20(26)28-3/h4-10,13H,11-12,14-15H2,1-3H3,(H2,23,24,25). The minimum absolute atomic E-state index is 0.205. The smallest absolute Gasteiger partial charge is 0.341 e. The van der Waals surface area contributed by atoms with Crippen LogP contribution in [-0.4, -0.2) is 39.7 Å². The first kappa shape index (κ1) is 19.7. The highest BCUT2D eigenvalue weighted by Gasteiger charge is 2.43. The maximum absolute atomic E-state index is 11.9. The Morgan fingerprint density at radius 3 is 2.46 bits per heavy atom. The topological polar surface area (TPSA) is 72.0 Å². The van der Waals surface area contributed by atoms with Crippen LogP contribution in [0.2, 0.25) is 0 Å². The Kier molecular flexibility index (Phi) is 6.19. The van der Waals surface area contributed by atoms with Gasteiger partial charge >= 0.3 is 5.97 Å². The van der Waals surface area contributed by atoms with Crippen LogP contribution in [0.3, 0.4) is 0 Å². The quantitative estimate of drug-likeness (QED) is 0.438. The number of esters is 1. The molecule has 0 heterocycles. The zero-order valence-corrected chi connectivity index (χ0v) is 16.6. The molecule has 1 aliphatic rings. The van der Waals surface area contributed by atoms with Gasteiger partial charge in [0.25, 0.3) is 0 Å². The number of benzene rings is 2. The van der Waals surface area contributed by atoms with Gasteiger partial charge in [0.05, 0.1) is 14.2 Å². The first-order chi connectivity index (χ1) is 13.6. The van der Waals surface area contributed by atoms with Gasteiger partial charge in [-0.1, -0.05) is 36.4 Å². The van der Waals surface area contributed by atoms with Crippen molar-refractivity contribution in [3.8, 4) is 5.75 Å². The lowest BCUT2D eigenvalue weighted by molar-refractivity contribution is 0.0597. The fourth-order valence-electron chi connectivity index (χ4n) is 3.30. The molecule has 3 rings (SSSR count). The van der Waals surface area contributed by atoms with Crippen LogP contribution in [0, 0.1) is 0 Å². The molecule has 2 N–H and O–H groups in total. The van der Waals surface area contributed by atoms with Gasteiger partial charge in [-0.3, -0.25) is 4.99 Å². The summed E-state index contributed by atoms with van der Waals surface area (Å²) in [5, 5.41) is 6.74. The maximum atomic E-state index is 11.9. The predicted octanol–water partition coefficient (Wildman–Crippen LogP) is 2.88. The van der Waals surface area contributed by atoms with E-state index in [1.807, 2.05) is 12.1 Å². The SMILES string of the molecule is CN=C(NCc1ccc(OC)c(C(=O)OC)c1)NCC1(c2ccccc2)CC1. The summed E-state index contributed by atoms with van der Waals surface area (Å²) < 4.78 is 10.1. The van der Waals surface area contributed by atoms with Crippen LogP contribution in [0.4, 0.5) is 0 Å². The Labute approximate surface area is 166 Å². The van der Waals surface area contributed by atoms with Crippen molar-refractivity contribution in [3.05, 3.63) is 65.2 Å². The number of rotatable bonds is 7. The van der Waals surface area contributed by atoms with Crippen molar-refractivity contribution in [2.24, 2.45) is 4.99 Å². The lowest BCUT2D eigenvalue weighted by Crippen LogP contribution is -2.40. The van der Waals surface area contributed by atoms with E-state index in [-0.39, 0.29) is 5.41 Å². The highest BCUT2D eigenvalue weighted by Crippen LogP contribution is 2.47. The molecule has 0 bridgehead atoms. The van der Waals surface area contributed by atoms with Crippen LogP contribution in [0.5, 0.6) is 5.75 Å². The molecule has 2 aromatic carbocycles. The first-order valence-electron chi connectivity index (χ1n) is 9.37. The highest BCUT2D eigenvalue weighted by atomic mass is 16.5. The molecule has 0 spiro atoms. The van der Waals surface area contributed by atoms with Gasteiger partial charge in [-0.2, -0.15) is 0 Å². The Morgan fingerprint density at radius 1 is 1.11 bits per heavy atom. The Hall–Kier alpha value is -3.02. The number of nitrogens with one attached hydrogen (secondary N) is 2. The molecule has 6 heteroatoms. The first-order valence-corrected chi connectivity index (χ1v) is 9.37. The lowest BCUT2D eigenvalue weighted by atomic mass is 9.96. The molecule has 0 aliphatic heterocycles. The number of hydrogen-bond donors (Lipinski definition) is 2. The fourth-order valence-corrected chi connectivity index (χ4v) is 3.30.